The first-order valence-corrected chi connectivity index (χ1v) is 4.28. The van der Waals surface area contributed by atoms with E-state index >= 15 is 0 Å². The Balaban J connectivity index is 2.60. The molecule has 0 radical (unpaired) electrons. The minimum absolute atomic E-state index is 0.142. The average Bonchev–Trinajstić information content (AvgIpc) is 2.37. The zero-order valence-electron chi connectivity index (χ0n) is 7.74. The number of carbonyl (C=O) groups is 1. The molecule has 2 heterocycles. The smallest absolute Gasteiger partial charge is 0.168 e. The molecule has 0 unspecified atom stereocenters. The third-order valence-corrected chi connectivity index (χ3v) is 2.22. The van der Waals surface area contributed by atoms with Gasteiger partial charge in [0.15, 0.2) is 11.6 Å². The lowest BCUT2D eigenvalue weighted by Gasteiger charge is -1.95. The fourth-order valence-corrected chi connectivity index (χ4v) is 1.43. The van der Waals surface area contributed by atoms with Crippen molar-refractivity contribution in [1.82, 2.24) is 9.78 Å². The van der Waals surface area contributed by atoms with E-state index in [9.17, 15) is 4.79 Å². The van der Waals surface area contributed by atoms with Crippen molar-refractivity contribution in [3.63, 3.8) is 0 Å². The van der Waals surface area contributed by atoms with Crippen molar-refractivity contribution < 1.29 is 4.79 Å². The molecule has 1 aromatic rings. The van der Waals surface area contributed by atoms with E-state index in [1.807, 2.05) is 6.92 Å². The normalized spacial score (nSPS) is 16.5. The van der Waals surface area contributed by atoms with Crippen LogP contribution in [0.4, 0.5) is 5.82 Å². The summed E-state index contributed by atoms with van der Waals surface area (Å²) in [6, 6.07) is 0. The average molecular weight is 177 g/mol. The summed E-state index contributed by atoms with van der Waals surface area (Å²) in [5, 5.41) is 4.01. The number of hydrogen-bond acceptors (Lipinski definition) is 3. The van der Waals surface area contributed by atoms with Gasteiger partial charge in [0, 0.05) is 19.2 Å². The van der Waals surface area contributed by atoms with Gasteiger partial charge in [-0.25, -0.2) is 4.99 Å². The molecule has 0 N–H and O–H groups in total. The van der Waals surface area contributed by atoms with Crippen molar-refractivity contribution in [3.05, 3.63) is 11.8 Å². The Labute approximate surface area is 76.3 Å². The fourth-order valence-electron chi connectivity index (χ4n) is 1.43. The lowest BCUT2D eigenvalue weighted by Crippen LogP contribution is -1.97. The third-order valence-electron chi connectivity index (χ3n) is 2.22. The van der Waals surface area contributed by atoms with E-state index in [0.29, 0.717) is 17.8 Å². The molecular weight excluding hydrogens is 166 g/mol. The quantitative estimate of drug-likeness (QED) is 0.602. The van der Waals surface area contributed by atoms with Crippen LogP contribution in [0.2, 0.25) is 0 Å². The molecule has 0 fully saturated rings. The Bertz CT molecular complexity index is 390. The van der Waals surface area contributed by atoms with Gasteiger partial charge in [-0.2, -0.15) is 5.10 Å². The van der Waals surface area contributed by atoms with Gasteiger partial charge in [-0.3, -0.25) is 9.48 Å². The van der Waals surface area contributed by atoms with Gasteiger partial charge in [-0.1, -0.05) is 0 Å². The van der Waals surface area contributed by atoms with Crippen LogP contribution in [0.1, 0.15) is 30.1 Å². The van der Waals surface area contributed by atoms with Crippen LogP contribution in [0.3, 0.4) is 0 Å². The van der Waals surface area contributed by atoms with Crippen molar-refractivity contribution in [2.75, 3.05) is 0 Å². The molecule has 0 saturated heterocycles. The fraction of sp³-hybridized carbons (Fsp3) is 0.444. The van der Waals surface area contributed by atoms with E-state index in [4.69, 9.17) is 0 Å². The maximum atomic E-state index is 11.5. The lowest BCUT2D eigenvalue weighted by atomic mass is 10.1. The number of nitrogens with zero attached hydrogens (tertiary/aromatic N) is 3. The Morgan fingerprint density at radius 2 is 2.23 bits per heavy atom. The number of fused-ring (bicyclic) bond motifs is 1. The van der Waals surface area contributed by atoms with E-state index < -0.39 is 0 Å². The Morgan fingerprint density at radius 3 is 3.00 bits per heavy atom. The first kappa shape index (κ1) is 8.16. The number of ketones is 1. The minimum atomic E-state index is 0.142. The van der Waals surface area contributed by atoms with Crippen LogP contribution in [0, 0.1) is 0 Å². The predicted molar refractivity (Wildman–Crippen MR) is 49.5 cm³/mol. The molecule has 68 valence electrons. The molecule has 1 aliphatic rings. The topological polar surface area (TPSA) is 47.2 Å². The largest absolute Gasteiger partial charge is 0.294 e. The number of aliphatic imine (C=N–C) groups is 1. The molecular formula is C9H11N3O. The number of Topliss-reactive ketones (excluding diaryl/α,β-unsaturated/α-hetero) is 1. The van der Waals surface area contributed by atoms with Gasteiger partial charge < -0.3 is 0 Å². The van der Waals surface area contributed by atoms with Crippen LogP contribution >= 0.6 is 0 Å². The number of carbonyl (C=O) groups excluding carboxylic acids is 1. The molecule has 0 atom stereocenters. The number of rotatable bonds is 0. The van der Waals surface area contributed by atoms with E-state index in [-0.39, 0.29) is 5.78 Å². The predicted octanol–water partition coefficient (Wildman–Crippen LogP) is 1.49. The van der Waals surface area contributed by atoms with Gasteiger partial charge in [-0.05, 0) is 13.3 Å². The monoisotopic (exact) mass is 177 g/mol. The number of hydrogen-bond donors (Lipinski definition) is 0. The van der Waals surface area contributed by atoms with Gasteiger partial charge in [-0.15, -0.1) is 0 Å². The standard InChI is InChI=1S/C9H11N3O/c1-6-3-4-8(13)7-5-10-12(2)9(7)11-6/h5H,3-4H2,1-2H3. The molecule has 13 heavy (non-hydrogen) atoms. The first-order chi connectivity index (χ1) is 6.18. The Morgan fingerprint density at radius 1 is 1.46 bits per heavy atom. The van der Waals surface area contributed by atoms with Crippen LogP contribution in [-0.4, -0.2) is 21.3 Å². The van der Waals surface area contributed by atoms with Crippen molar-refractivity contribution in [2.45, 2.75) is 19.8 Å². The summed E-state index contributed by atoms with van der Waals surface area (Å²) in [5.41, 5.74) is 1.65. The lowest BCUT2D eigenvalue weighted by molar-refractivity contribution is 0.0986. The second kappa shape index (κ2) is 2.80. The van der Waals surface area contributed by atoms with Crippen LogP contribution in [-0.2, 0) is 7.05 Å². The molecule has 1 aliphatic heterocycles. The van der Waals surface area contributed by atoms with Crippen molar-refractivity contribution in [2.24, 2.45) is 12.0 Å². The van der Waals surface area contributed by atoms with Gasteiger partial charge in [0.05, 0.1) is 11.8 Å². The van der Waals surface area contributed by atoms with Crippen LogP contribution in [0.15, 0.2) is 11.2 Å². The first-order valence-electron chi connectivity index (χ1n) is 4.28. The maximum Gasteiger partial charge on any atom is 0.168 e. The van der Waals surface area contributed by atoms with E-state index in [0.717, 1.165) is 12.1 Å². The van der Waals surface area contributed by atoms with E-state index in [1.54, 1.807) is 17.9 Å². The highest BCUT2D eigenvalue weighted by Crippen LogP contribution is 2.23. The number of aromatic nitrogens is 2. The Kier molecular flexibility index (Phi) is 1.76. The SMILES string of the molecule is CC1=Nc2c(cnn2C)C(=O)CC1. The van der Waals surface area contributed by atoms with Crippen molar-refractivity contribution in [1.29, 1.82) is 0 Å². The van der Waals surface area contributed by atoms with Gasteiger partial charge in [0.25, 0.3) is 0 Å². The summed E-state index contributed by atoms with van der Waals surface area (Å²) in [6.45, 7) is 1.94. The molecule has 4 heteroatoms. The number of aryl methyl sites for hydroxylation is 1. The van der Waals surface area contributed by atoms with Crippen LogP contribution < -0.4 is 0 Å². The molecule has 0 bridgehead atoms. The molecule has 1 aromatic heterocycles. The minimum Gasteiger partial charge on any atom is -0.294 e. The Hall–Kier alpha value is -1.45. The van der Waals surface area contributed by atoms with Crippen molar-refractivity contribution in [3.8, 4) is 0 Å². The molecule has 0 spiro atoms. The highest BCUT2D eigenvalue weighted by Gasteiger charge is 2.18. The van der Waals surface area contributed by atoms with Crippen LogP contribution in [0.5, 0.6) is 0 Å². The van der Waals surface area contributed by atoms with E-state index in [1.165, 1.54) is 0 Å². The van der Waals surface area contributed by atoms with E-state index in [2.05, 4.69) is 10.1 Å². The summed E-state index contributed by atoms with van der Waals surface area (Å²) in [6.07, 6.45) is 2.90. The second-order valence-corrected chi connectivity index (χ2v) is 3.28. The molecule has 0 aliphatic carbocycles. The van der Waals surface area contributed by atoms with Gasteiger partial charge in [0.1, 0.15) is 0 Å². The second-order valence-electron chi connectivity index (χ2n) is 3.28. The molecule has 0 saturated carbocycles. The van der Waals surface area contributed by atoms with Gasteiger partial charge in [0.2, 0.25) is 0 Å². The summed E-state index contributed by atoms with van der Waals surface area (Å²) in [5.74, 6) is 0.837. The summed E-state index contributed by atoms with van der Waals surface area (Å²) < 4.78 is 1.64. The molecule has 2 rings (SSSR count). The summed E-state index contributed by atoms with van der Waals surface area (Å²) >= 11 is 0. The van der Waals surface area contributed by atoms with Crippen molar-refractivity contribution >= 4 is 17.3 Å². The molecule has 0 amide bonds. The highest BCUT2D eigenvalue weighted by atomic mass is 16.1. The molecule has 4 nitrogen and oxygen atoms in total. The summed E-state index contributed by atoms with van der Waals surface area (Å²) in [7, 11) is 1.80. The summed E-state index contributed by atoms with van der Waals surface area (Å²) in [4.78, 5) is 15.9. The highest BCUT2D eigenvalue weighted by molar-refractivity contribution is 6.04. The zero-order chi connectivity index (χ0) is 9.42. The van der Waals surface area contributed by atoms with Gasteiger partial charge >= 0.3 is 0 Å². The zero-order valence-corrected chi connectivity index (χ0v) is 7.74. The third kappa shape index (κ3) is 1.28. The molecule has 0 aromatic carbocycles. The maximum absolute atomic E-state index is 11.5. The van der Waals surface area contributed by atoms with Crippen LogP contribution in [0.25, 0.3) is 0 Å².